The summed E-state index contributed by atoms with van der Waals surface area (Å²) in [5, 5.41) is 8.76. The van der Waals surface area contributed by atoms with Crippen molar-refractivity contribution in [3.63, 3.8) is 0 Å². The van der Waals surface area contributed by atoms with Crippen LogP contribution < -0.4 is 5.56 Å². The highest BCUT2D eigenvalue weighted by Crippen LogP contribution is 2.16. The molecule has 0 radical (unpaired) electrons. The molecule has 1 aromatic carbocycles. The zero-order valence-corrected chi connectivity index (χ0v) is 12.4. The lowest BCUT2D eigenvalue weighted by Gasteiger charge is -2.06. The van der Waals surface area contributed by atoms with Crippen molar-refractivity contribution in [3.05, 3.63) is 65.2 Å². The van der Waals surface area contributed by atoms with Crippen LogP contribution in [0.15, 0.2) is 59.3 Å². The zero-order valence-electron chi connectivity index (χ0n) is 11.6. The monoisotopic (exact) mass is 298 g/mol. The molecule has 0 aliphatic heterocycles. The predicted octanol–water partition coefficient (Wildman–Crippen LogP) is 2.47. The van der Waals surface area contributed by atoms with Crippen molar-refractivity contribution in [1.82, 2.24) is 19.2 Å². The average molecular weight is 298 g/mol. The number of thioether (sulfide) groups is 1. The molecule has 0 saturated carbocycles. The van der Waals surface area contributed by atoms with E-state index in [0.29, 0.717) is 10.8 Å². The summed E-state index contributed by atoms with van der Waals surface area (Å²) < 4.78 is 3.29. The van der Waals surface area contributed by atoms with Crippen LogP contribution in [0.3, 0.4) is 0 Å². The first-order valence-corrected chi connectivity index (χ1v) is 7.46. The Bertz CT molecular complexity index is 865. The van der Waals surface area contributed by atoms with Gasteiger partial charge >= 0.3 is 5.56 Å². The molecule has 0 atom stereocenters. The molecule has 0 bridgehead atoms. The summed E-state index contributed by atoms with van der Waals surface area (Å²) in [6, 6.07) is 7.78. The number of aromatic nitrogens is 4. The lowest BCUT2D eigenvalue weighted by atomic mass is 10.2. The summed E-state index contributed by atoms with van der Waals surface area (Å²) in [4.78, 5) is 12.5. The summed E-state index contributed by atoms with van der Waals surface area (Å²) in [5.41, 5.74) is 2.07. The predicted molar refractivity (Wildman–Crippen MR) is 84.2 cm³/mol. The van der Waals surface area contributed by atoms with Gasteiger partial charge in [-0.25, -0.2) is 0 Å². The highest BCUT2D eigenvalue weighted by atomic mass is 32.2. The maximum Gasteiger partial charge on any atom is 0.300 e. The molecule has 2 heterocycles. The van der Waals surface area contributed by atoms with E-state index in [2.05, 4.69) is 16.8 Å². The van der Waals surface area contributed by atoms with E-state index in [0.717, 1.165) is 17.0 Å². The maximum atomic E-state index is 12.5. The van der Waals surface area contributed by atoms with Gasteiger partial charge in [0.25, 0.3) is 0 Å². The Morgan fingerprint density at radius 2 is 2.19 bits per heavy atom. The fraction of sp³-hybridized carbons (Fsp3) is 0.133. The van der Waals surface area contributed by atoms with Crippen LogP contribution in [-0.4, -0.2) is 24.9 Å². The molecule has 106 valence electrons. The minimum atomic E-state index is -0.180. The standard InChI is InChI=1S/C15H14N4OS/c1-3-9-21-15-17-16-13-14(20)18(7-8-19(13)15)12-6-4-5-11(2)10-12/h3-8,10H,1,9H2,2H3. The molecule has 0 amide bonds. The molecule has 0 N–H and O–H groups in total. The first-order chi connectivity index (χ1) is 10.2. The van der Waals surface area contributed by atoms with Crippen LogP contribution in [0.5, 0.6) is 0 Å². The Morgan fingerprint density at radius 1 is 1.33 bits per heavy atom. The van der Waals surface area contributed by atoms with Crippen molar-refractivity contribution in [2.45, 2.75) is 12.1 Å². The van der Waals surface area contributed by atoms with Crippen LogP contribution >= 0.6 is 11.8 Å². The van der Waals surface area contributed by atoms with Gasteiger partial charge in [-0.2, -0.15) is 0 Å². The van der Waals surface area contributed by atoms with Crippen molar-refractivity contribution in [2.75, 3.05) is 5.75 Å². The van der Waals surface area contributed by atoms with Crippen LogP contribution in [-0.2, 0) is 0 Å². The summed E-state index contributed by atoms with van der Waals surface area (Å²) in [7, 11) is 0. The number of rotatable bonds is 4. The number of fused-ring (bicyclic) bond motifs is 1. The fourth-order valence-electron chi connectivity index (χ4n) is 2.08. The first-order valence-electron chi connectivity index (χ1n) is 6.48. The van der Waals surface area contributed by atoms with Crippen molar-refractivity contribution < 1.29 is 0 Å². The molecule has 0 spiro atoms. The summed E-state index contributed by atoms with van der Waals surface area (Å²) >= 11 is 1.49. The smallest absolute Gasteiger partial charge is 0.280 e. The van der Waals surface area contributed by atoms with Crippen molar-refractivity contribution >= 4 is 17.4 Å². The zero-order chi connectivity index (χ0) is 14.8. The molecule has 0 saturated heterocycles. The number of nitrogens with zero attached hydrogens (tertiary/aromatic N) is 4. The second-order valence-electron chi connectivity index (χ2n) is 4.59. The summed E-state index contributed by atoms with van der Waals surface area (Å²) in [6.07, 6.45) is 5.34. The van der Waals surface area contributed by atoms with Crippen molar-refractivity contribution in [3.8, 4) is 5.69 Å². The number of hydrogen-bond donors (Lipinski definition) is 0. The molecular formula is C15H14N4OS. The van der Waals surface area contributed by atoms with Crippen molar-refractivity contribution in [1.29, 1.82) is 0 Å². The van der Waals surface area contributed by atoms with Gasteiger partial charge in [-0.3, -0.25) is 13.8 Å². The van der Waals surface area contributed by atoms with E-state index in [4.69, 9.17) is 0 Å². The Morgan fingerprint density at radius 3 is 2.95 bits per heavy atom. The molecule has 3 rings (SSSR count). The number of aryl methyl sites for hydroxylation is 1. The maximum absolute atomic E-state index is 12.5. The highest BCUT2D eigenvalue weighted by Gasteiger charge is 2.11. The van der Waals surface area contributed by atoms with E-state index >= 15 is 0 Å². The van der Waals surface area contributed by atoms with Gasteiger partial charge in [0.05, 0.1) is 0 Å². The van der Waals surface area contributed by atoms with Gasteiger partial charge in [0, 0.05) is 23.8 Å². The van der Waals surface area contributed by atoms with Crippen LogP contribution in [0.2, 0.25) is 0 Å². The Hall–Kier alpha value is -2.34. The Kier molecular flexibility index (Phi) is 3.62. The number of benzene rings is 1. The molecule has 6 heteroatoms. The van der Waals surface area contributed by atoms with Crippen molar-refractivity contribution in [2.24, 2.45) is 0 Å². The lowest BCUT2D eigenvalue weighted by Crippen LogP contribution is -2.20. The first kappa shape index (κ1) is 13.6. The average Bonchev–Trinajstić information content (AvgIpc) is 2.89. The van der Waals surface area contributed by atoms with Gasteiger partial charge in [-0.1, -0.05) is 30.0 Å². The quantitative estimate of drug-likeness (QED) is 0.548. The number of hydrogen-bond acceptors (Lipinski definition) is 4. The van der Waals surface area contributed by atoms with Gasteiger partial charge in [-0.15, -0.1) is 16.8 Å². The molecule has 0 fully saturated rings. The third-order valence-corrected chi connectivity index (χ3v) is 3.99. The molecule has 3 aromatic rings. The van der Waals surface area contributed by atoms with Gasteiger partial charge in [0.1, 0.15) is 0 Å². The molecule has 2 aromatic heterocycles. The van der Waals surface area contributed by atoms with Gasteiger partial charge < -0.3 is 0 Å². The second-order valence-corrected chi connectivity index (χ2v) is 5.58. The lowest BCUT2D eigenvalue weighted by molar-refractivity contribution is 0.894. The largest absolute Gasteiger partial charge is 0.300 e. The van der Waals surface area contributed by atoms with E-state index in [1.54, 1.807) is 21.2 Å². The van der Waals surface area contributed by atoms with E-state index in [9.17, 15) is 4.79 Å². The third kappa shape index (κ3) is 2.50. The van der Waals surface area contributed by atoms with E-state index in [1.807, 2.05) is 37.4 Å². The molecule has 21 heavy (non-hydrogen) atoms. The topological polar surface area (TPSA) is 52.2 Å². The molecule has 5 nitrogen and oxygen atoms in total. The molecule has 0 aliphatic rings. The van der Waals surface area contributed by atoms with E-state index in [-0.39, 0.29) is 5.56 Å². The third-order valence-electron chi connectivity index (χ3n) is 3.05. The minimum Gasteiger partial charge on any atom is -0.280 e. The van der Waals surface area contributed by atoms with Crippen LogP contribution in [0.4, 0.5) is 0 Å². The highest BCUT2D eigenvalue weighted by molar-refractivity contribution is 7.99. The van der Waals surface area contributed by atoms with Gasteiger partial charge in [0.15, 0.2) is 5.16 Å². The SMILES string of the molecule is C=CCSc1nnc2c(=O)n(-c3cccc(C)c3)ccn12. The molecular weight excluding hydrogens is 284 g/mol. The van der Waals surface area contributed by atoms with Gasteiger partial charge in [-0.05, 0) is 24.6 Å². The van der Waals surface area contributed by atoms with Crippen LogP contribution in [0.1, 0.15) is 5.56 Å². The van der Waals surface area contributed by atoms with Crippen LogP contribution in [0, 0.1) is 6.92 Å². The molecule has 0 aliphatic carbocycles. The van der Waals surface area contributed by atoms with E-state index in [1.165, 1.54) is 11.8 Å². The van der Waals surface area contributed by atoms with Gasteiger partial charge in [0.2, 0.25) is 5.65 Å². The van der Waals surface area contributed by atoms with Crippen LogP contribution in [0.25, 0.3) is 11.3 Å². The summed E-state index contributed by atoms with van der Waals surface area (Å²) in [5.74, 6) is 0.724. The Balaban J connectivity index is 2.13. The second kappa shape index (κ2) is 5.57. The fourth-order valence-corrected chi connectivity index (χ4v) is 2.73. The van der Waals surface area contributed by atoms with E-state index < -0.39 is 0 Å². The summed E-state index contributed by atoms with van der Waals surface area (Å²) in [6.45, 7) is 5.67. The minimum absolute atomic E-state index is 0.180. The molecule has 0 unspecified atom stereocenters. The normalized spacial score (nSPS) is 10.9. The Labute approximate surface area is 125 Å².